The molecule has 1 atom stereocenters. The summed E-state index contributed by atoms with van der Waals surface area (Å²) in [6.45, 7) is -0.129. The molecule has 0 aromatic rings. The zero-order valence-electron chi connectivity index (χ0n) is 5.15. The average Bonchev–Trinajstić information content (AvgIpc) is 1.89. The van der Waals surface area contributed by atoms with Gasteiger partial charge in [-0.3, -0.25) is 0 Å². The predicted molar refractivity (Wildman–Crippen MR) is 34.4 cm³/mol. The minimum atomic E-state index is -1.16. The fourth-order valence-corrected chi connectivity index (χ4v) is 0.329. The molecule has 6 heteroatoms. The first-order chi connectivity index (χ1) is 4.72. The average molecular weight is 141 g/mol. The normalized spacial score (nSPS) is 12.9. The third-order valence-corrected chi connectivity index (χ3v) is 0.791. The van der Waals surface area contributed by atoms with Gasteiger partial charge in [0.25, 0.3) is 0 Å². The molecule has 0 saturated carbocycles. The van der Waals surface area contributed by atoms with Crippen molar-refractivity contribution in [1.82, 2.24) is 0 Å². The molecule has 10 heavy (non-hydrogen) atoms. The summed E-state index contributed by atoms with van der Waals surface area (Å²) in [6, 6.07) is -1.05. The van der Waals surface area contributed by atoms with Gasteiger partial charge in [0.05, 0.1) is 0 Å². The Labute approximate surface area is 58.2 Å². The van der Waals surface area contributed by atoms with Crippen LogP contribution >= 0.6 is 0 Å². The molecule has 0 aromatic heterocycles. The number of aliphatic imine (C=N–C) groups is 1. The van der Waals surface area contributed by atoms with Gasteiger partial charge in [0.15, 0.2) is 0 Å². The van der Waals surface area contributed by atoms with E-state index in [1.165, 1.54) is 0 Å². The SMILES string of the molecule is NC[C@H](N=[C-]B=O)C(=O)O. The first kappa shape index (κ1) is 8.96. The second-order valence-electron chi connectivity index (χ2n) is 1.47. The standard InChI is InChI=1S/C4H6BN2O3/c6-1-3(4(8)9)7-2-5-10/h3H,1,6H2,(H,8,9)/q-1/t3-/m0/s1. The zero-order valence-corrected chi connectivity index (χ0v) is 5.15. The van der Waals surface area contributed by atoms with Crippen molar-refractivity contribution in [3.8, 4) is 0 Å². The van der Waals surface area contributed by atoms with Crippen LogP contribution in [0.15, 0.2) is 4.99 Å². The van der Waals surface area contributed by atoms with Gasteiger partial charge >= 0.3 is 57.2 Å². The van der Waals surface area contributed by atoms with Gasteiger partial charge in [-0.25, -0.2) is 0 Å². The third-order valence-electron chi connectivity index (χ3n) is 0.791. The van der Waals surface area contributed by atoms with E-state index in [2.05, 4.69) is 4.99 Å². The van der Waals surface area contributed by atoms with Crippen molar-refractivity contribution in [3.63, 3.8) is 0 Å². The molecule has 0 aliphatic carbocycles. The van der Waals surface area contributed by atoms with Gasteiger partial charge in [-0.15, -0.1) is 0 Å². The number of hydrogen-bond acceptors (Lipinski definition) is 4. The molecule has 54 valence electrons. The van der Waals surface area contributed by atoms with Crippen LogP contribution in [0.2, 0.25) is 0 Å². The van der Waals surface area contributed by atoms with Crippen LogP contribution in [-0.2, 0) is 9.50 Å². The summed E-state index contributed by atoms with van der Waals surface area (Å²) in [4.78, 5) is 13.3. The van der Waals surface area contributed by atoms with Crippen molar-refractivity contribution in [3.05, 3.63) is 0 Å². The van der Waals surface area contributed by atoms with Gasteiger partial charge in [-0.1, -0.05) is 0 Å². The van der Waals surface area contributed by atoms with Gasteiger partial charge in [-0.05, 0) is 0 Å². The van der Waals surface area contributed by atoms with E-state index in [1.807, 2.05) is 6.11 Å². The van der Waals surface area contributed by atoms with Crippen LogP contribution in [-0.4, -0.2) is 36.9 Å². The van der Waals surface area contributed by atoms with Crippen molar-refractivity contribution >= 4 is 19.2 Å². The molecule has 0 saturated heterocycles. The van der Waals surface area contributed by atoms with Crippen molar-refractivity contribution < 1.29 is 14.6 Å². The topological polar surface area (TPSA) is 92.8 Å². The monoisotopic (exact) mass is 141 g/mol. The minimum absolute atomic E-state index is 0.129. The Morgan fingerprint density at radius 2 is 2.50 bits per heavy atom. The van der Waals surface area contributed by atoms with E-state index in [0.717, 1.165) is 0 Å². The Morgan fingerprint density at radius 1 is 1.90 bits per heavy atom. The van der Waals surface area contributed by atoms with E-state index in [4.69, 9.17) is 10.8 Å². The maximum absolute atomic E-state index is 10.1. The van der Waals surface area contributed by atoms with Crippen LogP contribution in [0, 0.1) is 0 Å². The Balaban J connectivity index is 3.94. The Morgan fingerprint density at radius 3 is 2.80 bits per heavy atom. The quantitative estimate of drug-likeness (QED) is 0.278. The first-order valence-corrected chi connectivity index (χ1v) is 2.54. The second-order valence-corrected chi connectivity index (χ2v) is 1.47. The number of rotatable bonds is 4. The second kappa shape index (κ2) is 4.81. The fourth-order valence-electron chi connectivity index (χ4n) is 0.329. The van der Waals surface area contributed by atoms with E-state index in [-0.39, 0.29) is 13.7 Å². The van der Waals surface area contributed by atoms with Gasteiger partial charge < -0.3 is 0 Å². The molecule has 0 spiro atoms. The summed E-state index contributed by atoms with van der Waals surface area (Å²) < 4.78 is 9.61. The molecule has 0 radical (unpaired) electrons. The molecule has 0 heterocycles. The Bertz CT molecular complexity index is 159. The number of hydrogen-bond donors (Lipinski definition) is 2. The van der Waals surface area contributed by atoms with E-state index in [0.29, 0.717) is 0 Å². The summed E-state index contributed by atoms with van der Waals surface area (Å²) >= 11 is 0. The molecular formula is C4H6BN2O3-. The zero-order chi connectivity index (χ0) is 7.98. The van der Waals surface area contributed by atoms with Gasteiger partial charge in [-0.2, -0.15) is 0 Å². The van der Waals surface area contributed by atoms with E-state index < -0.39 is 12.0 Å². The summed E-state index contributed by atoms with van der Waals surface area (Å²) in [5.74, 6) is -1.16. The molecule has 0 amide bonds. The summed E-state index contributed by atoms with van der Waals surface area (Å²) in [5.41, 5.74) is 4.98. The summed E-state index contributed by atoms with van der Waals surface area (Å²) in [5, 5.41) is 8.27. The van der Waals surface area contributed by atoms with Gasteiger partial charge in [0.1, 0.15) is 0 Å². The molecular weight excluding hydrogens is 135 g/mol. The van der Waals surface area contributed by atoms with Crippen LogP contribution in [0.3, 0.4) is 0 Å². The molecule has 3 N–H and O–H groups in total. The van der Waals surface area contributed by atoms with Crippen molar-refractivity contribution in [1.29, 1.82) is 0 Å². The fraction of sp³-hybridized carbons (Fsp3) is 0.500. The molecule has 5 nitrogen and oxygen atoms in total. The van der Waals surface area contributed by atoms with Gasteiger partial charge in [0, 0.05) is 0 Å². The molecule has 0 rings (SSSR count). The number of nitrogens with zero attached hydrogens (tertiary/aromatic N) is 1. The third kappa shape index (κ3) is 3.08. The van der Waals surface area contributed by atoms with E-state index in [1.54, 1.807) is 0 Å². The summed E-state index contributed by atoms with van der Waals surface area (Å²) in [6.07, 6.45) is 1.86. The maximum atomic E-state index is 10.1. The Hall–Kier alpha value is -1.04. The van der Waals surface area contributed by atoms with Crippen LogP contribution in [0.5, 0.6) is 0 Å². The number of carboxylic acid groups (broad SMARTS) is 1. The van der Waals surface area contributed by atoms with Crippen molar-refractivity contribution in [2.24, 2.45) is 10.7 Å². The van der Waals surface area contributed by atoms with Crippen molar-refractivity contribution in [2.45, 2.75) is 6.04 Å². The van der Waals surface area contributed by atoms with Gasteiger partial charge in [0.2, 0.25) is 0 Å². The number of carboxylic acids is 1. The van der Waals surface area contributed by atoms with Crippen LogP contribution in [0.1, 0.15) is 0 Å². The van der Waals surface area contributed by atoms with Crippen molar-refractivity contribution in [2.75, 3.05) is 6.54 Å². The Kier molecular flexibility index (Phi) is 4.31. The molecule has 0 bridgehead atoms. The summed E-state index contributed by atoms with van der Waals surface area (Å²) in [7, 11) is 0.283. The molecule has 0 aliphatic heterocycles. The van der Waals surface area contributed by atoms with E-state index in [9.17, 15) is 9.50 Å². The molecule has 0 fully saturated rings. The molecule has 0 aliphatic rings. The van der Waals surface area contributed by atoms with Crippen LogP contribution in [0.25, 0.3) is 0 Å². The number of carbonyl (C=O) groups is 1. The van der Waals surface area contributed by atoms with E-state index >= 15 is 0 Å². The molecule has 0 aromatic carbocycles. The molecule has 0 unspecified atom stereocenters. The van der Waals surface area contributed by atoms with Crippen LogP contribution in [0.4, 0.5) is 0 Å². The number of nitrogens with two attached hydrogens (primary N) is 1. The number of aliphatic carboxylic acids is 1. The predicted octanol–water partition coefficient (Wildman–Crippen LogP) is -1.65. The first-order valence-electron chi connectivity index (χ1n) is 2.54. The van der Waals surface area contributed by atoms with Crippen LogP contribution < -0.4 is 5.73 Å².